The molecular formula is C20H25F4N5. The molecule has 0 radical (unpaired) electrons. The fourth-order valence-corrected chi connectivity index (χ4v) is 3.37. The van der Waals surface area contributed by atoms with E-state index in [0.717, 1.165) is 36.5 Å². The summed E-state index contributed by atoms with van der Waals surface area (Å²) in [5.74, 6) is -0.820. The molecule has 5 nitrogen and oxygen atoms in total. The maximum atomic E-state index is 14.3. The molecule has 0 spiro atoms. The molecule has 158 valence electrons. The highest BCUT2D eigenvalue weighted by atomic mass is 19.4. The van der Waals surface area contributed by atoms with Gasteiger partial charge in [0.1, 0.15) is 5.82 Å². The second-order valence-electron chi connectivity index (χ2n) is 7.34. The first-order chi connectivity index (χ1) is 13.6. The van der Waals surface area contributed by atoms with Gasteiger partial charge < -0.3 is 10.2 Å². The van der Waals surface area contributed by atoms with E-state index in [1.807, 2.05) is 32.6 Å². The van der Waals surface area contributed by atoms with Crippen molar-refractivity contribution in [1.29, 1.82) is 0 Å². The summed E-state index contributed by atoms with van der Waals surface area (Å²) in [4.78, 5) is 6.56. The third-order valence-corrected chi connectivity index (χ3v) is 4.90. The van der Waals surface area contributed by atoms with Crippen LogP contribution in [0.1, 0.15) is 45.2 Å². The summed E-state index contributed by atoms with van der Waals surface area (Å²) >= 11 is 0. The van der Waals surface area contributed by atoms with Crippen LogP contribution in [0, 0.1) is 5.82 Å². The fraction of sp³-hybridized carbons (Fsp3) is 0.500. The van der Waals surface area contributed by atoms with Gasteiger partial charge in [-0.15, -0.1) is 0 Å². The van der Waals surface area contributed by atoms with Gasteiger partial charge in [-0.3, -0.25) is 0 Å². The Hall–Kier alpha value is -2.42. The zero-order valence-electron chi connectivity index (χ0n) is 17.0. The van der Waals surface area contributed by atoms with Crippen LogP contribution < -0.4 is 5.32 Å². The quantitative estimate of drug-likeness (QED) is 0.572. The molecule has 1 aromatic rings. The molecule has 0 atom stereocenters. The molecule has 2 aliphatic heterocycles. The number of hydrazone groups is 1. The van der Waals surface area contributed by atoms with Crippen LogP contribution in [0.25, 0.3) is 5.70 Å². The lowest BCUT2D eigenvalue weighted by Crippen LogP contribution is -2.51. The highest BCUT2D eigenvalue weighted by molar-refractivity contribution is 5.98. The van der Waals surface area contributed by atoms with Gasteiger partial charge in [0, 0.05) is 43.5 Å². The summed E-state index contributed by atoms with van der Waals surface area (Å²) in [6, 6.07) is 1.73. The van der Waals surface area contributed by atoms with Crippen LogP contribution in [0.2, 0.25) is 0 Å². The van der Waals surface area contributed by atoms with E-state index in [1.165, 1.54) is 0 Å². The van der Waals surface area contributed by atoms with Crippen LogP contribution in [0.4, 0.5) is 23.2 Å². The number of aliphatic imine (C=N–C) groups is 1. The minimum atomic E-state index is -4.79. The number of nitrogens with zero attached hydrogens (tertiary/aromatic N) is 4. The number of alkyl halides is 3. The average Bonchev–Trinajstić information content (AvgIpc) is 2.66. The minimum Gasteiger partial charge on any atom is -0.338 e. The fourth-order valence-electron chi connectivity index (χ4n) is 3.37. The first kappa shape index (κ1) is 21.3. The van der Waals surface area contributed by atoms with Crippen molar-refractivity contribution in [2.75, 3.05) is 26.2 Å². The Morgan fingerprint density at radius 3 is 2.38 bits per heavy atom. The van der Waals surface area contributed by atoms with E-state index < -0.39 is 17.6 Å². The maximum absolute atomic E-state index is 14.3. The van der Waals surface area contributed by atoms with Gasteiger partial charge in [-0.05, 0) is 38.8 Å². The second kappa shape index (κ2) is 8.14. The molecule has 1 aromatic carbocycles. The van der Waals surface area contributed by atoms with Crippen LogP contribution in [0.3, 0.4) is 0 Å². The topological polar surface area (TPSA) is 43.2 Å². The molecule has 29 heavy (non-hydrogen) atoms. The molecule has 0 aliphatic carbocycles. The smallest absolute Gasteiger partial charge is 0.338 e. The largest absolute Gasteiger partial charge is 0.419 e. The average molecular weight is 411 g/mol. The molecule has 1 saturated heterocycles. The van der Waals surface area contributed by atoms with Crippen LogP contribution in [-0.4, -0.2) is 47.8 Å². The predicted octanol–water partition coefficient (Wildman–Crippen LogP) is 4.59. The van der Waals surface area contributed by atoms with Gasteiger partial charge in [0.2, 0.25) is 5.96 Å². The van der Waals surface area contributed by atoms with Crippen LogP contribution >= 0.6 is 0 Å². The summed E-state index contributed by atoms with van der Waals surface area (Å²) in [7, 11) is 0. The van der Waals surface area contributed by atoms with E-state index >= 15 is 0 Å². The molecule has 1 N–H and O–H groups in total. The van der Waals surface area contributed by atoms with Crippen molar-refractivity contribution < 1.29 is 17.6 Å². The van der Waals surface area contributed by atoms with Crippen molar-refractivity contribution in [2.45, 2.75) is 40.3 Å². The highest BCUT2D eigenvalue weighted by Gasteiger charge is 2.38. The van der Waals surface area contributed by atoms with Crippen molar-refractivity contribution in [2.24, 2.45) is 10.1 Å². The Kier molecular flexibility index (Phi) is 5.97. The molecule has 0 unspecified atom stereocenters. The molecule has 0 saturated carbocycles. The van der Waals surface area contributed by atoms with E-state index in [9.17, 15) is 17.6 Å². The van der Waals surface area contributed by atoms with Crippen molar-refractivity contribution in [3.8, 4) is 0 Å². The molecule has 0 bridgehead atoms. The third kappa shape index (κ3) is 4.29. The van der Waals surface area contributed by atoms with E-state index in [0.29, 0.717) is 31.2 Å². The molecule has 2 aliphatic rings. The Morgan fingerprint density at radius 1 is 1.17 bits per heavy atom. The molecule has 9 heteroatoms. The number of hydrogen-bond acceptors (Lipinski definition) is 5. The lowest BCUT2D eigenvalue weighted by Gasteiger charge is -2.38. The number of rotatable bonds is 2. The van der Waals surface area contributed by atoms with Crippen molar-refractivity contribution in [3.63, 3.8) is 0 Å². The van der Waals surface area contributed by atoms with Crippen molar-refractivity contribution >= 4 is 23.1 Å². The monoisotopic (exact) mass is 411 g/mol. The molecule has 2 heterocycles. The van der Waals surface area contributed by atoms with Gasteiger partial charge in [0.05, 0.1) is 16.9 Å². The SMILES string of the molecule is CCC(C)=C1c2cc(C(F)(F)F)c(F)cc2N=C(N2CCNCC2)N1N=C(C)C. The number of hydrogen-bond donors (Lipinski definition) is 1. The van der Waals surface area contributed by atoms with Gasteiger partial charge in [-0.1, -0.05) is 6.92 Å². The number of nitrogens with one attached hydrogen (secondary N) is 1. The summed E-state index contributed by atoms with van der Waals surface area (Å²) in [5.41, 5.74) is 1.23. The number of allylic oxidation sites excluding steroid dienone is 1. The molecule has 0 amide bonds. The standard InChI is InChI=1S/C20H25F4N5/c1-5-13(4)18-14-10-15(20(22,23)24)16(21)11-17(14)26-19(29(18)27-12(2)3)28-8-6-25-7-9-28/h10-11,25H,5-9H2,1-4H3. The predicted molar refractivity (Wildman–Crippen MR) is 106 cm³/mol. The number of guanidine groups is 1. The highest BCUT2D eigenvalue weighted by Crippen LogP contribution is 2.42. The first-order valence-corrected chi connectivity index (χ1v) is 9.60. The number of halogens is 4. The molecule has 1 fully saturated rings. The van der Waals surface area contributed by atoms with Gasteiger partial charge >= 0.3 is 6.18 Å². The lowest BCUT2D eigenvalue weighted by atomic mass is 9.99. The summed E-state index contributed by atoms with van der Waals surface area (Å²) in [6.07, 6.45) is -4.18. The van der Waals surface area contributed by atoms with Crippen LogP contribution in [0.15, 0.2) is 27.8 Å². The Morgan fingerprint density at radius 2 is 1.83 bits per heavy atom. The Bertz CT molecular complexity index is 876. The van der Waals surface area contributed by atoms with Crippen LogP contribution in [-0.2, 0) is 6.18 Å². The number of fused-ring (bicyclic) bond motifs is 1. The van der Waals surface area contributed by atoms with E-state index in [4.69, 9.17) is 0 Å². The van der Waals surface area contributed by atoms with Gasteiger partial charge in [-0.25, -0.2) is 9.38 Å². The number of piperazine rings is 1. The molecular weight excluding hydrogens is 386 g/mol. The zero-order chi connectivity index (χ0) is 21.3. The minimum absolute atomic E-state index is 0.187. The van der Waals surface area contributed by atoms with E-state index in [-0.39, 0.29) is 11.3 Å². The summed E-state index contributed by atoms with van der Waals surface area (Å²) in [5, 5.41) is 9.45. The summed E-state index contributed by atoms with van der Waals surface area (Å²) < 4.78 is 54.4. The Labute approximate surface area is 167 Å². The molecule has 3 rings (SSSR count). The van der Waals surface area contributed by atoms with E-state index in [1.54, 1.807) is 5.01 Å². The lowest BCUT2D eigenvalue weighted by molar-refractivity contribution is -0.140. The third-order valence-electron chi connectivity index (χ3n) is 4.90. The molecule has 0 aromatic heterocycles. The van der Waals surface area contributed by atoms with Crippen molar-refractivity contribution in [1.82, 2.24) is 15.2 Å². The maximum Gasteiger partial charge on any atom is 0.419 e. The van der Waals surface area contributed by atoms with Crippen molar-refractivity contribution in [3.05, 3.63) is 34.6 Å². The normalized spacial score (nSPS) is 19.0. The summed E-state index contributed by atoms with van der Waals surface area (Å²) in [6.45, 7) is 10.3. The number of benzene rings is 1. The first-order valence-electron chi connectivity index (χ1n) is 9.60. The van der Waals surface area contributed by atoms with Gasteiger partial charge in [0.15, 0.2) is 0 Å². The van der Waals surface area contributed by atoms with E-state index in [2.05, 4.69) is 15.4 Å². The van der Waals surface area contributed by atoms with Gasteiger partial charge in [-0.2, -0.15) is 23.3 Å². The van der Waals surface area contributed by atoms with Gasteiger partial charge in [0.25, 0.3) is 0 Å². The Balaban J connectivity index is 2.29. The van der Waals surface area contributed by atoms with Crippen LogP contribution in [0.5, 0.6) is 0 Å². The zero-order valence-corrected chi connectivity index (χ0v) is 17.0. The second-order valence-corrected chi connectivity index (χ2v) is 7.34.